The smallest absolute Gasteiger partial charge is 0.264 e. The van der Waals surface area contributed by atoms with Crippen molar-refractivity contribution < 1.29 is 22.7 Å². The summed E-state index contributed by atoms with van der Waals surface area (Å²) >= 11 is 6.43. The second-order valence-corrected chi connectivity index (χ2v) is 11.8. The van der Waals surface area contributed by atoms with E-state index in [9.17, 15) is 18.0 Å². The highest BCUT2D eigenvalue weighted by atomic mass is 35.5. The fourth-order valence-corrected chi connectivity index (χ4v) is 5.95. The van der Waals surface area contributed by atoms with Crippen LogP contribution in [-0.4, -0.2) is 50.9 Å². The Morgan fingerprint density at radius 2 is 1.61 bits per heavy atom. The number of hydrogen-bond acceptors (Lipinski definition) is 5. The zero-order valence-corrected chi connectivity index (χ0v) is 25.5. The van der Waals surface area contributed by atoms with Gasteiger partial charge in [0, 0.05) is 18.1 Å². The van der Waals surface area contributed by atoms with Crippen molar-refractivity contribution in [3.63, 3.8) is 0 Å². The molecule has 0 aromatic heterocycles. The predicted molar refractivity (Wildman–Crippen MR) is 163 cm³/mol. The lowest BCUT2D eigenvalue weighted by Crippen LogP contribution is -2.52. The lowest BCUT2D eigenvalue weighted by molar-refractivity contribution is -0.140. The Hall–Kier alpha value is -3.56. The Bertz CT molecular complexity index is 1410. The maximum atomic E-state index is 14.1. The predicted octanol–water partition coefficient (Wildman–Crippen LogP) is 5.58. The third-order valence-electron chi connectivity index (χ3n) is 6.56. The number of carbonyl (C=O) groups is 2. The number of aryl methyl sites for hydroxylation is 1. The van der Waals surface area contributed by atoms with Gasteiger partial charge in [-0.3, -0.25) is 13.9 Å². The Morgan fingerprint density at radius 3 is 2.20 bits per heavy atom. The van der Waals surface area contributed by atoms with Crippen molar-refractivity contribution in [2.24, 2.45) is 0 Å². The van der Waals surface area contributed by atoms with Crippen LogP contribution in [-0.2, 0) is 26.2 Å². The molecule has 0 radical (unpaired) electrons. The molecule has 3 aromatic carbocycles. The van der Waals surface area contributed by atoms with Gasteiger partial charge in [-0.2, -0.15) is 0 Å². The lowest BCUT2D eigenvalue weighted by Gasteiger charge is -2.33. The summed E-state index contributed by atoms with van der Waals surface area (Å²) in [6.07, 6.45) is 1.07. The van der Waals surface area contributed by atoms with Crippen molar-refractivity contribution in [3.8, 4) is 5.75 Å². The fraction of sp³-hybridized carbons (Fsp3) is 0.355. The van der Waals surface area contributed by atoms with Crippen LogP contribution in [0.25, 0.3) is 0 Å². The van der Waals surface area contributed by atoms with Gasteiger partial charge >= 0.3 is 0 Å². The quantitative estimate of drug-likeness (QED) is 0.261. The number of sulfonamides is 1. The van der Waals surface area contributed by atoms with Crippen LogP contribution in [0, 0.1) is 6.92 Å². The van der Waals surface area contributed by atoms with Crippen LogP contribution < -0.4 is 14.4 Å². The molecule has 220 valence electrons. The molecule has 1 atom stereocenters. The summed E-state index contributed by atoms with van der Waals surface area (Å²) in [6.45, 7) is 7.94. The number of rotatable bonds is 14. The number of nitrogens with zero attached hydrogens (tertiary/aromatic N) is 2. The highest BCUT2D eigenvalue weighted by molar-refractivity contribution is 7.92. The Kier molecular flexibility index (Phi) is 11.6. The van der Waals surface area contributed by atoms with E-state index in [1.807, 2.05) is 27.7 Å². The molecule has 3 rings (SSSR count). The number of carbonyl (C=O) groups excluding carboxylic acids is 2. The normalized spacial score (nSPS) is 11.9. The monoisotopic (exact) mass is 599 g/mol. The Labute approximate surface area is 248 Å². The van der Waals surface area contributed by atoms with Crippen molar-refractivity contribution in [2.45, 2.75) is 58.0 Å². The maximum absolute atomic E-state index is 14.1. The van der Waals surface area contributed by atoms with Gasteiger partial charge in [0.1, 0.15) is 18.3 Å². The van der Waals surface area contributed by atoms with Crippen LogP contribution in [0.2, 0.25) is 5.02 Å². The van der Waals surface area contributed by atoms with Crippen molar-refractivity contribution >= 4 is 39.1 Å². The third kappa shape index (κ3) is 8.24. The summed E-state index contributed by atoms with van der Waals surface area (Å²) in [5.74, 6) is -0.288. The molecule has 41 heavy (non-hydrogen) atoms. The average Bonchev–Trinajstić information content (AvgIpc) is 2.96. The molecule has 10 heteroatoms. The highest BCUT2D eigenvalue weighted by Crippen LogP contribution is 2.27. The number of benzene rings is 3. The highest BCUT2D eigenvalue weighted by Gasteiger charge is 2.33. The van der Waals surface area contributed by atoms with Gasteiger partial charge in [-0.05, 0) is 74.7 Å². The van der Waals surface area contributed by atoms with Gasteiger partial charge in [0.2, 0.25) is 11.8 Å². The molecule has 0 heterocycles. The number of anilines is 1. The molecular weight excluding hydrogens is 562 g/mol. The van der Waals surface area contributed by atoms with Crippen molar-refractivity contribution in [3.05, 3.63) is 88.9 Å². The summed E-state index contributed by atoms with van der Waals surface area (Å²) in [6, 6.07) is 19.3. The van der Waals surface area contributed by atoms with E-state index in [1.54, 1.807) is 60.7 Å². The molecule has 8 nitrogen and oxygen atoms in total. The van der Waals surface area contributed by atoms with Crippen LogP contribution in [0.3, 0.4) is 0 Å². The van der Waals surface area contributed by atoms with Gasteiger partial charge in [0.15, 0.2) is 0 Å². The molecule has 0 aliphatic carbocycles. The molecule has 1 N–H and O–H groups in total. The van der Waals surface area contributed by atoms with Crippen LogP contribution >= 0.6 is 11.6 Å². The SMILES string of the molecule is CCCNC(=O)[C@H](CC)N(Cc1ccccc1Cl)C(=O)CN(c1ccc(C)cc1)S(=O)(=O)c1ccc(OCC)cc1. The van der Waals surface area contributed by atoms with E-state index in [0.717, 1.165) is 16.3 Å². The van der Waals surface area contributed by atoms with Crippen LogP contribution in [0.5, 0.6) is 5.75 Å². The van der Waals surface area contributed by atoms with Crippen LogP contribution in [0.4, 0.5) is 5.69 Å². The second-order valence-electron chi connectivity index (χ2n) is 9.58. The van der Waals surface area contributed by atoms with E-state index in [0.29, 0.717) is 41.6 Å². The zero-order valence-electron chi connectivity index (χ0n) is 24.0. The number of ether oxygens (including phenoxy) is 1. The summed E-state index contributed by atoms with van der Waals surface area (Å²) in [5.41, 5.74) is 1.93. The van der Waals surface area contributed by atoms with E-state index < -0.39 is 28.5 Å². The number of hydrogen-bond donors (Lipinski definition) is 1. The molecular formula is C31H38ClN3O5S. The fourth-order valence-electron chi connectivity index (χ4n) is 4.34. The molecule has 0 aliphatic rings. The number of amides is 2. The van der Waals surface area contributed by atoms with Crippen molar-refractivity contribution in [1.82, 2.24) is 10.2 Å². The molecule has 0 spiro atoms. The standard InChI is InChI=1S/C31H38ClN3O5S/c1-5-20-33-31(37)29(6-2)34(21-24-10-8-9-11-28(24)32)30(36)22-35(25-14-12-23(4)13-15-25)41(38,39)27-18-16-26(17-19-27)40-7-3/h8-19,29H,5-7,20-22H2,1-4H3,(H,33,37)/t29-/m0/s1. The largest absolute Gasteiger partial charge is 0.494 e. The first kappa shape index (κ1) is 32.0. The topological polar surface area (TPSA) is 96.0 Å². The van der Waals surface area contributed by atoms with E-state index >= 15 is 0 Å². The molecule has 0 saturated carbocycles. The second kappa shape index (κ2) is 14.9. The minimum Gasteiger partial charge on any atom is -0.494 e. The molecule has 0 unspecified atom stereocenters. The van der Waals surface area contributed by atoms with E-state index in [-0.39, 0.29) is 17.3 Å². The minimum absolute atomic E-state index is 0.0136. The molecule has 0 saturated heterocycles. The lowest BCUT2D eigenvalue weighted by atomic mass is 10.1. The van der Waals surface area contributed by atoms with Crippen molar-refractivity contribution in [1.29, 1.82) is 0 Å². The van der Waals surface area contributed by atoms with Gasteiger partial charge in [-0.25, -0.2) is 8.42 Å². The van der Waals surface area contributed by atoms with Crippen molar-refractivity contribution in [2.75, 3.05) is 24.0 Å². The van der Waals surface area contributed by atoms with E-state index in [2.05, 4.69) is 5.32 Å². The zero-order chi connectivity index (χ0) is 30.0. The first-order chi connectivity index (χ1) is 19.6. The maximum Gasteiger partial charge on any atom is 0.264 e. The van der Waals surface area contributed by atoms with Gasteiger partial charge in [-0.1, -0.05) is 61.3 Å². The number of halogens is 1. The molecule has 0 bridgehead atoms. The van der Waals surface area contributed by atoms with Gasteiger partial charge < -0.3 is 15.0 Å². The number of nitrogens with one attached hydrogen (secondary N) is 1. The Balaban J connectivity index is 2.05. The van der Waals surface area contributed by atoms with Gasteiger partial charge in [0.05, 0.1) is 17.2 Å². The van der Waals surface area contributed by atoms with Crippen LogP contribution in [0.1, 0.15) is 44.7 Å². The van der Waals surface area contributed by atoms with Crippen LogP contribution in [0.15, 0.2) is 77.7 Å². The molecule has 0 aliphatic heterocycles. The first-order valence-corrected chi connectivity index (χ1v) is 15.6. The molecule has 3 aromatic rings. The summed E-state index contributed by atoms with van der Waals surface area (Å²) in [7, 11) is -4.17. The first-order valence-electron chi connectivity index (χ1n) is 13.7. The average molecular weight is 600 g/mol. The van der Waals surface area contributed by atoms with Gasteiger partial charge in [0.25, 0.3) is 10.0 Å². The molecule has 0 fully saturated rings. The summed E-state index contributed by atoms with van der Waals surface area (Å²) in [4.78, 5) is 28.7. The summed E-state index contributed by atoms with van der Waals surface area (Å²) in [5, 5.41) is 3.32. The van der Waals surface area contributed by atoms with Gasteiger partial charge in [-0.15, -0.1) is 0 Å². The van der Waals surface area contributed by atoms with E-state index in [4.69, 9.17) is 16.3 Å². The minimum atomic E-state index is -4.17. The van der Waals surface area contributed by atoms with E-state index in [1.165, 1.54) is 17.0 Å². The Morgan fingerprint density at radius 1 is 0.951 bits per heavy atom. The summed E-state index contributed by atoms with van der Waals surface area (Å²) < 4.78 is 34.5. The third-order valence-corrected chi connectivity index (χ3v) is 8.71. The molecule has 2 amide bonds.